The van der Waals surface area contributed by atoms with E-state index in [1.54, 1.807) is 0 Å². The van der Waals surface area contributed by atoms with Crippen LogP contribution >= 0.6 is 11.6 Å². The van der Waals surface area contributed by atoms with Gasteiger partial charge in [-0.15, -0.1) is 0 Å². The van der Waals surface area contributed by atoms with Crippen LogP contribution in [0.1, 0.15) is 10.4 Å². The average Bonchev–Trinajstić information content (AvgIpc) is 2.56. The van der Waals surface area contributed by atoms with Crippen LogP contribution in [0.4, 0.5) is 15.8 Å². The second kappa shape index (κ2) is 7.56. The molecule has 24 heavy (non-hydrogen) atoms. The fourth-order valence-electron chi connectivity index (χ4n) is 1.80. The molecule has 0 aromatic heterocycles. The molecule has 0 radical (unpaired) electrons. The third-order valence-electron chi connectivity index (χ3n) is 2.92. The van der Waals surface area contributed by atoms with Crippen molar-refractivity contribution in [3.05, 3.63) is 58.9 Å². The minimum absolute atomic E-state index is 0.0685. The molecule has 0 saturated carbocycles. The summed E-state index contributed by atoms with van der Waals surface area (Å²) in [5, 5.41) is 4.66. The Hall–Kier alpha value is -2.93. The van der Waals surface area contributed by atoms with Crippen LogP contribution in [0.25, 0.3) is 0 Å². The molecule has 0 atom stereocenters. The first kappa shape index (κ1) is 17.4. The number of amides is 2. The van der Waals surface area contributed by atoms with E-state index in [2.05, 4.69) is 15.4 Å². The van der Waals surface area contributed by atoms with E-state index in [9.17, 15) is 18.8 Å². The number of nitrogens with one attached hydrogen (secondary N) is 2. The number of hydrogen-bond acceptors (Lipinski definition) is 4. The van der Waals surface area contributed by atoms with E-state index in [0.717, 1.165) is 6.07 Å². The highest BCUT2D eigenvalue weighted by Gasteiger charge is 2.17. The molecule has 2 amide bonds. The molecule has 0 aliphatic carbocycles. The second-order valence-corrected chi connectivity index (χ2v) is 5.01. The number of hydrogen-bond donors (Lipinski definition) is 2. The molecule has 0 saturated heterocycles. The van der Waals surface area contributed by atoms with Gasteiger partial charge in [-0.2, -0.15) is 0 Å². The monoisotopic (exact) mass is 350 g/mol. The van der Waals surface area contributed by atoms with Gasteiger partial charge in [0.05, 0.1) is 23.4 Å². The van der Waals surface area contributed by atoms with Gasteiger partial charge in [-0.3, -0.25) is 9.59 Å². The van der Waals surface area contributed by atoms with Crippen LogP contribution in [0, 0.1) is 5.82 Å². The van der Waals surface area contributed by atoms with Gasteiger partial charge in [-0.25, -0.2) is 9.18 Å². The van der Waals surface area contributed by atoms with Gasteiger partial charge in [0.15, 0.2) is 0 Å². The Morgan fingerprint density at radius 1 is 1.04 bits per heavy atom. The molecule has 0 unspecified atom stereocenters. The summed E-state index contributed by atoms with van der Waals surface area (Å²) in [4.78, 5) is 35.2. The maximum atomic E-state index is 13.1. The highest BCUT2D eigenvalue weighted by Crippen LogP contribution is 2.23. The molecule has 2 rings (SSSR count). The number of halogens is 2. The lowest BCUT2D eigenvalue weighted by Gasteiger charge is -2.09. The second-order valence-electron chi connectivity index (χ2n) is 4.60. The molecule has 0 fully saturated rings. The van der Waals surface area contributed by atoms with Gasteiger partial charge < -0.3 is 15.4 Å². The van der Waals surface area contributed by atoms with Crippen LogP contribution in [0.2, 0.25) is 5.02 Å². The van der Waals surface area contributed by atoms with Crippen molar-refractivity contribution in [3.8, 4) is 0 Å². The Labute approximate surface area is 141 Å². The average molecular weight is 351 g/mol. The maximum Gasteiger partial charge on any atom is 0.337 e. The van der Waals surface area contributed by atoms with Crippen molar-refractivity contribution < 1.29 is 23.5 Å². The van der Waals surface area contributed by atoms with E-state index in [4.69, 9.17) is 11.6 Å². The normalized spacial score (nSPS) is 9.96. The topological polar surface area (TPSA) is 84.5 Å². The summed E-state index contributed by atoms with van der Waals surface area (Å²) in [6.07, 6.45) is 0. The minimum atomic E-state index is -1.02. The lowest BCUT2D eigenvalue weighted by Crippen LogP contribution is -2.29. The lowest BCUT2D eigenvalue weighted by atomic mass is 10.2. The summed E-state index contributed by atoms with van der Waals surface area (Å²) in [5.74, 6) is -3.21. The number of anilines is 2. The Kier molecular flexibility index (Phi) is 5.49. The first-order chi connectivity index (χ1) is 11.4. The van der Waals surface area contributed by atoms with Crippen molar-refractivity contribution in [1.82, 2.24) is 0 Å². The van der Waals surface area contributed by atoms with Gasteiger partial charge in [0.1, 0.15) is 5.82 Å². The third-order valence-corrected chi connectivity index (χ3v) is 3.25. The summed E-state index contributed by atoms with van der Waals surface area (Å²) in [6.45, 7) is 0. The van der Waals surface area contributed by atoms with Crippen LogP contribution in [0.15, 0.2) is 42.5 Å². The van der Waals surface area contributed by atoms with Crippen LogP contribution in [-0.4, -0.2) is 24.9 Å². The predicted octanol–water partition coefficient (Wildman–Crippen LogP) is 2.84. The summed E-state index contributed by atoms with van der Waals surface area (Å²) in [5.41, 5.74) is 0.353. The largest absolute Gasteiger partial charge is 0.465 e. The summed E-state index contributed by atoms with van der Waals surface area (Å²) in [7, 11) is 1.21. The fraction of sp³-hybridized carbons (Fsp3) is 0.0625. The molecule has 0 aliphatic rings. The van der Waals surface area contributed by atoms with Crippen molar-refractivity contribution in [2.24, 2.45) is 0 Å². The van der Waals surface area contributed by atoms with Gasteiger partial charge in [0, 0.05) is 5.69 Å². The molecule has 124 valence electrons. The lowest BCUT2D eigenvalue weighted by molar-refractivity contribution is -0.132. The fourth-order valence-corrected chi connectivity index (χ4v) is 1.96. The third kappa shape index (κ3) is 4.30. The number of ether oxygens (including phenoxy) is 1. The molecule has 2 N–H and O–H groups in total. The Morgan fingerprint density at radius 2 is 1.75 bits per heavy atom. The summed E-state index contributed by atoms with van der Waals surface area (Å²) < 4.78 is 17.6. The first-order valence-corrected chi connectivity index (χ1v) is 7.04. The Bertz CT molecular complexity index is 810. The van der Waals surface area contributed by atoms with Crippen LogP contribution in [0.5, 0.6) is 0 Å². The number of methoxy groups -OCH3 is 1. The van der Waals surface area contributed by atoms with Gasteiger partial charge in [0.2, 0.25) is 0 Å². The van der Waals surface area contributed by atoms with E-state index >= 15 is 0 Å². The van der Waals surface area contributed by atoms with Gasteiger partial charge in [0.25, 0.3) is 0 Å². The van der Waals surface area contributed by atoms with E-state index in [1.807, 2.05) is 0 Å². The zero-order valence-corrected chi connectivity index (χ0v) is 13.2. The summed E-state index contributed by atoms with van der Waals surface area (Å²) >= 11 is 5.93. The number of benzene rings is 2. The number of carbonyl (C=O) groups excluding carboxylic acids is 3. The molecular weight excluding hydrogens is 339 g/mol. The van der Waals surface area contributed by atoms with E-state index in [-0.39, 0.29) is 22.0 Å². The van der Waals surface area contributed by atoms with E-state index in [0.29, 0.717) is 0 Å². The summed E-state index contributed by atoms with van der Waals surface area (Å²) in [6, 6.07) is 9.16. The first-order valence-electron chi connectivity index (χ1n) is 6.66. The quantitative estimate of drug-likeness (QED) is 0.658. The number of esters is 1. The smallest absolute Gasteiger partial charge is 0.337 e. The van der Waals surface area contributed by atoms with Crippen LogP contribution in [0.3, 0.4) is 0 Å². The molecule has 2 aromatic carbocycles. The zero-order valence-electron chi connectivity index (χ0n) is 12.4. The van der Waals surface area contributed by atoms with Crippen molar-refractivity contribution in [3.63, 3.8) is 0 Å². The zero-order chi connectivity index (χ0) is 17.7. The van der Waals surface area contributed by atoms with E-state index in [1.165, 1.54) is 43.5 Å². The molecule has 8 heteroatoms. The molecule has 0 heterocycles. The van der Waals surface area contributed by atoms with Gasteiger partial charge in [-0.05, 0) is 36.4 Å². The molecular formula is C16H12ClFN2O4. The standard InChI is InChI=1S/C16H12ClFN2O4/c1-24-16(23)9-5-6-12(17)13(7-9)20-15(22)14(21)19-11-4-2-3-10(18)8-11/h2-8H,1H3,(H,19,21)(H,20,22). The SMILES string of the molecule is COC(=O)c1ccc(Cl)c(NC(=O)C(=O)Nc2cccc(F)c2)c1. The minimum Gasteiger partial charge on any atom is -0.465 e. The maximum absolute atomic E-state index is 13.1. The molecule has 0 aliphatic heterocycles. The van der Waals surface area contributed by atoms with Crippen molar-refractivity contribution in [2.75, 3.05) is 17.7 Å². The Morgan fingerprint density at radius 3 is 2.42 bits per heavy atom. The molecule has 0 bridgehead atoms. The molecule has 6 nitrogen and oxygen atoms in total. The number of carbonyl (C=O) groups is 3. The van der Waals surface area contributed by atoms with Gasteiger partial charge >= 0.3 is 17.8 Å². The molecule has 2 aromatic rings. The molecule has 0 spiro atoms. The highest BCUT2D eigenvalue weighted by molar-refractivity contribution is 6.44. The van der Waals surface area contributed by atoms with Crippen molar-refractivity contribution in [2.45, 2.75) is 0 Å². The Balaban J connectivity index is 2.11. The van der Waals surface area contributed by atoms with Gasteiger partial charge in [-0.1, -0.05) is 17.7 Å². The van der Waals surface area contributed by atoms with Crippen molar-refractivity contribution >= 4 is 40.8 Å². The van der Waals surface area contributed by atoms with Crippen LogP contribution in [-0.2, 0) is 14.3 Å². The predicted molar refractivity (Wildman–Crippen MR) is 86.5 cm³/mol. The van der Waals surface area contributed by atoms with Crippen LogP contribution < -0.4 is 10.6 Å². The number of rotatable bonds is 3. The van der Waals surface area contributed by atoms with Crippen molar-refractivity contribution in [1.29, 1.82) is 0 Å². The van der Waals surface area contributed by atoms with E-state index < -0.39 is 23.6 Å². The highest BCUT2D eigenvalue weighted by atomic mass is 35.5.